The van der Waals surface area contributed by atoms with Gasteiger partial charge in [-0.3, -0.25) is 9.48 Å². The Labute approximate surface area is 102 Å². The summed E-state index contributed by atoms with van der Waals surface area (Å²) in [5.41, 5.74) is 5.84. The average Bonchev–Trinajstić information content (AvgIpc) is 2.57. The molecule has 0 bridgehead atoms. The molecule has 0 aliphatic carbocycles. The van der Waals surface area contributed by atoms with Gasteiger partial charge in [0.2, 0.25) is 0 Å². The average molecular weight is 239 g/mol. The minimum Gasteiger partial charge on any atom is -0.493 e. The maximum atomic E-state index is 12.2. The molecule has 0 saturated heterocycles. The minimum atomic E-state index is -0.534. The van der Waals surface area contributed by atoms with Crippen molar-refractivity contribution in [1.29, 1.82) is 0 Å². The summed E-state index contributed by atoms with van der Waals surface area (Å²) in [5.74, 6) is 0.466. The van der Waals surface area contributed by atoms with E-state index in [0.717, 1.165) is 0 Å². The van der Waals surface area contributed by atoms with E-state index in [-0.39, 0.29) is 18.2 Å². The topological polar surface area (TPSA) is 70.1 Å². The van der Waals surface area contributed by atoms with E-state index in [2.05, 4.69) is 5.10 Å². The molecule has 1 aromatic rings. The van der Waals surface area contributed by atoms with Gasteiger partial charge in [0.15, 0.2) is 11.5 Å². The number of carbonyl (C=O) groups excluding carboxylic acids is 1. The lowest BCUT2D eigenvalue weighted by Crippen LogP contribution is -2.35. The molecule has 0 aliphatic heterocycles. The van der Waals surface area contributed by atoms with Crippen molar-refractivity contribution >= 4 is 5.78 Å². The third-order valence-electron chi connectivity index (χ3n) is 2.35. The molecule has 2 N–H and O–H groups in total. The zero-order valence-electron chi connectivity index (χ0n) is 11.2. The number of ketones is 1. The molecule has 0 atom stereocenters. The van der Waals surface area contributed by atoms with Crippen LogP contribution in [0.15, 0.2) is 6.20 Å². The van der Waals surface area contributed by atoms with Gasteiger partial charge in [0, 0.05) is 18.0 Å². The monoisotopic (exact) mass is 239 g/mol. The first-order chi connectivity index (χ1) is 7.76. The van der Waals surface area contributed by atoms with Gasteiger partial charge < -0.3 is 10.5 Å². The van der Waals surface area contributed by atoms with E-state index in [1.807, 2.05) is 27.7 Å². The minimum absolute atomic E-state index is 0.0412. The van der Waals surface area contributed by atoms with Crippen molar-refractivity contribution in [2.24, 2.45) is 5.73 Å². The highest BCUT2D eigenvalue weighted by Crippen LogP contribution is 2.24. The number of ether oxygens (including phenoxy) is 1. The van der Waals surface area contributed by atoms with Crippen molar-refractivity contribution in [3.05, 3.63) is 11.9 Å². The maximum absolute atomic E-state index is 12.2. The molecule has 0 spiro atoms. The third-order valence-corrected chi connectivity index (χ3v) is 2.35. The van der Waals surface area contributed by atoms with Crippen LogP contribution >= 0.6 is 0 Å². The Morgan fingerprint density at radius 3 is 2.59 bits per heavy atom. The number of nitrogens with two attached hydrogens (primary N) is 1. The van der Waals surface area contributed by atoms with Gasteiger partial charge in [-0.15, -0.1) is 0 Å². The summed E-state index contributed by atoms with van der Waals surface area (Å²) in [4.78, 5) is 12.2. The Bertz CT molecular complexity index is 402. The van der Waals surface area contributed by atoms with E-state index < -0.39 is 5.54 Å². The van der Waals surface area contributed by atoms with E-state index in [1.54, 1.807) is 10.9 Å². The molecule has 5 nitrogen and oxygen atoms in total. The Morgan fingerprint density at radius 2 is 2.18 bits per heavy atom. The van der Waals surface area contributed by atoms with Crippen LogP contribution in [0.2, 0.25) is 0 Å². The molecule has 0 unspecified atom stereocenters. The predicted octanol–water partition coefficient (Wildman–Crippen LogP) is 1.78. The zero-order valence-corrected chi connectivity index (χ0v) is 11.2. The summed E-state index contributed by atoms with van der Waals surface area (Å²) < 4.78 is 6.84. The van der Waals surface area contributed by atoms with Gasteiger partial charge in [-0.25, -0.2) is 0 Å². The summed E-state index contributed by atoms with van der Waals surface area (Å²) in [7, 11) is 1.53. The second kappa shape index (κ2) is 4.87. The number of Topliss-reactive ketones (excluding diaryl/α,β-unsaturated/α-hetero) is 1. The summed E-state index contributed by atoms with van der Waals surface area (Å²) in [6, 6.07) is 0.110. The van der Waals surface area contributed by atoms with Crippen LogP contribution in [0.3, 0.4) is 0 Å². The first kappa shape index (κ1) is 13.7. The molecule has 96 valence electrons. The number of hydrogen-bond donors (Lipinski definition) is 1. The van der Waals surface area contributed by atoms with Crippen LogP contribution in [0.1, 0.15) is 50.6 Å². The molecule has 0 amide bonds. The number of nitrogens with zero attached hydrogens (tertiary/aromatic N) is 2. The highest BCUT2D eigenvalue weighted by Gasteiger charge is 2.25. The van der Waals surface area contributed by atoms with Crippen molar-refractivity contribution in [2.75, 3.05) is 7.11 Å². The van der Waals surface area contributed by atoms with Crippen LogP contribution in [-0.4, -0.2) is 28.2 Å². The summed E-state index contributed by atoms with van der Waals surface area (Å²) in [5, 5.41) is 4.17. The van der Waals surface area contributed by atoms with E-state index in [9.17, 15) is 4.79 Å². The Balaban J connectivity index is 3.10. The molecule has 1 rings (SSSR count). The standard InChI is InChI=1S/C12H21N3O2/c1-8(2)15-11(10(17-5)7-14-15)9(16)6-12(3,4)13/h7-8H,6,13H2,1-5H3. The third kappa shape index (κ3) is 3.30. The van der Waals surface area contributed by atoms with Gasteiger partial charge in [-0.1, -0.05) is 0 Å². The molecular formula is C12H21N3O2. The molecule has 17 heavy (non-hydrogen) atoms. The normalized spacial score (nSPS) is 11.9. The van der Waals surface area contributed by atoms with Crippen LogP contribution in [0, 0.1) is 0 Å². The Morgan fingerprint density at radius 1 is 1.59 bits per heavy atom. The SMILES string of the molecule is COc1cnn(C(C)C)c1C(=O)CC(C)(C)N. The van der Waals surface area contributed by atoms with Crippen LogP contribution in [0.4, 0.5) is 0 Å². The second-order valence-corrected chi connectivity index (χ2v) is 5.19. The quantitative estimate of drug-likeness (QED) is 0.795. The zero-order chi connectivity index (χ0) is 13.2. The van der Waals surface area contributed by atoms with Crippen molar-refractivity contribution in [2.45, 2.75) is 45.7 Å². The molecule has 0 radical (unpaired) electrons. The summed E-state index contributed by atoms with van der Waals surface area (Å²) >= 11 is 0. The summed E-state index contributed by atoms with van der Waals surface area (Å²) in [6.45, 7) is 7.59. The van der Waals surface area contributed by atoms with Gasteiger partial charge in [-0.05, 0) is 27.7 Å². The van der Waals surface area contributed by atoms with Crippen LogP contribution in [-0.2, 0) is 0 Å². The summed E-state index contributed by atoms with van der Waals surface area (Å²) in [6.07, 6.45) is 1.83. The van der Waals surface area contributed by atoms with Crippen molar-refractivity contribution < 1.29 is 9.53 Å². The molecule has 1 heterocycles. The molecule has 0 saturated carbocycles. The molecule has 0 fully saturated rings. The molecule has 1 aromatic heterocycles. The predicted molar refractivity (Wildman–Crippen MR) is 66.4 cm³/mol. The van der Waals surface area contributed by atoms with Crippen molar-refractivity contribution in [1.82, 2.24) is 9.78 Å². The first-order valence-corrected chi connectivity index (χ1v) is 5.70. The lowest BCUT2D eigenvalue weighted by Gasteiger charge is -2.18. The number of hydrogen-bond acceptors (Lipinski definition) is 4. The van der Waals surface area contributed by atoms with E-state index in [0.29, 0.717) is 11.4 Å². The number of carbonyl (C=O) groups is 1. The molecule has 0 aliphatic rings. The fraction of sp³-hybridized carbons (Fsp3) is 0.667. The van der Waals surface area contributed by atoms with Crippen LogP contribution in [0.5, 0.6) is 5.75 Å². The van der Waals surface area contributed by atoms with Crippen molar-refractivity contribution in [3.63, 3.8) is 0 Å². The lowest BCUT2D eigenvalue weighted by molar-refractivity contribution is 0.0944. The smallest absolute Gasteiger partial charge is 0.186 e. The van der Waals surface area contributed by atoms with Gasteiger partial charge >= 0.3 is 0 Å². The molecule has 0 aromatic carbocycles. The van der Waals surface area contributed by atoms with Crippen molar-refractivity contribution in [3.8, 4) is 5.75 Å². The van der Waals surface area contributed by atoms with Crippen LogP contribution in [0.25, 0.3) is 0 Å². The number of aromatic nitrogens is 2. The number of rotatable bonds is 5. The highest BCUT2D eigenvalue weighted by molar-refractivity contribution is 5.97. The lowest BCUT2D eigenvalue weighted by atomic mass is 9.97. The van der Waals surface area contributed by atoms with Gasteiger partial charge in [0.25, 0.3) is 0 Å². The maximum Gasteiger partial charge on any atom is 0.186 e. The van der Waals surface area contributed by atoms with Crippen LogP contribution < -0.4 is 10.5 Å². The van der Waals surface area contributed by atoms with E-state index in [4.69, 9.17) is 10.5 Å². The Hall–Kier alpha value is -1.36. The van der Waals surface area contributed by atoms with E-state index in [1.165, 1.54) is 7.11 Å². The largest absolute Gasteiger partial charge is 0.493 e. The second-order valence-electron chi connectivity index (χ2n) is 5.19. The molecular weight excluding hydrogens is 218 g/mol. The first-order valence-electron chi connectivity index (χ1n) is 5.70. The highest BCUT2D eigenvalue weighted by atomic mass is 16.5. The fourth-order valence-electron chi connectivity index (χ4n) is 1.65. The number of methoxy groups -OCH3 is 1. The van der Waals surface area contributed by atoms with Gasteiger partial charge in [0.1, 0.15) is 5.69 Å². The molecule has 5 heteroatoms. The Kier molecular flexibility index (Phi) is 3.93. The van der Waals surface area contributed by atoms with Gasteiger partial charge in [-0.2, -0.15) is 5.10 Å². The van der Waals surface area contributed by atoms with E-state index >= 15 is 0 Å². The van der Waals surface area contributed by atoms with Gasteiger partial charge in [0.05, 0.1) is 13.3 Å². The fourth-order valence-corrected chi connectivity index (χ4v) is 1.65.